The third-order valence-electron chi connectivity index (χ3n) is 6.14. The Balaban J connectivity index is 1.44. The Morgan fingerprint density at radius 2 is 2.21 bits per heavy atom. The normalized spacial score (nSPS) is 22.8. The first kappa shape index (κ1) is 18.7. The zero-order valence-corrected chi connectivity index (χ0v) is 16.4. The van der Waals surface area contributed by atoms with Crippen molar-refractivity contribution >= 4 is 11.8 Å². The maximum Gasteiger partial charge on any atom is 0.272 e. The van der Waals surface area contributed by atoms with Crippen molar-refractivity contribution < 1.29 is 9.59 Å². The van der Waals surface area contributed by atoms with E-state index >= 15 is 0 Å². The fourth-order valence-electron chi connectivity index (χ4n) is 4.63. The molecule has 1 spiro atoms. The van der Waals surface area contributed by atoms with Crippen molar-refractivity contribution in [1.29, 1.82) is 0 Å². The van der Waals surface area contributed by atoms with E-state index in [1.165, 1.54) is 0 Å². The van der Waals surface area contributed by atoms with Crippen molar-refractivity contribution in [2.45, 2.75) is 45.6 Å². The Morgan fingerprint density at radius 1 is 1.32 bits per heavy atom. The van der Waals surface area contributed by atoms with Gasteiger partial charge in [-0.1, -0.05) is 0 Å². The lowest BCUT2D eigenvalue weighted by Gasteiger charge is -2.48. The zero-order chi connectivity index (χ0) is 19.6. The summed E-state index contributed by atoms with van der Waals surface area (Å²) in [5.41, 5.74) is 1.70. The van der Waals surface area contributed by atoms with Gasteiger partial charge in [0.1, 0.15) is 5.69 Å². The van der Waals surface area contributed by atoms with Crippen LogP contribution in [0.4, 0.5) is 0 Å². The van der Waals surface area contributed by atoms with Crippen molar-refractivity contribution in [3.63, 3.8) is 0 Å². The molecule has 0 aliphatic carbocycles. The Hall–Kier alpha value is -2.64. The number of aryl methyl sites for hydroxylation is 1. The topological polar surface area (TPSA) is 87.1 Å². The lowest BCUT2D eigenvalue weighted by atomic mass is 9.73. The van der Waals surface area contributed by atoms with Crippen LogP contribution in [-0.4, -0.2) is 67.5 Å². The molecule has 0 unspecified atom stereocenters. The summed E-state index contributed by atoms with van der Waals surface area (Å²) in [4.78, 5) is 36.6. The Kier molecular flexibility index (Phi) is 5.19. The standard InChI is InChI=1S/C20H28N6O2/c1-2-26-17(5-9-23-26)19(28)25-10-3-7-20(14-25)8-4-18(27)24(13-20)11-6-16-12-21-15-22-16/h5,9,12,15H,2-4,6-8,10-11,13-14H2,1H3,(H,21,22)/t20-/m0/s1. The van der Waals surface area contributed by atoms with Gasteiger partial charge in [-0.3, -0.25) is 14.3 Å². The number of nitrogens with zero attached hydrogens (tertiary/aromatic N) is 5. The SMILES string of the molecule is CCn1nccc1C(=O)N1CCC[C@@]2(CCC(=O)N(CCc3cnc[nH]3)C2)C1. The van der Waals surface area contributed by atoms with E-state index in [4.69, 9.17) is 0 Å². The van der Waals surface area contributed by atoms with Crippen LogP contribution in [0.15, 0.2) is 24.8 Å². The van der Waals surface area contributed by atoms with Gasteiger partial charge in [0.25, 0.3) is 5.91 Å². The van der Waals surface area contributed by atoms with Gasteiger partial charge in [-0.05, 0) is 32.3 Å². The number of carbonyl (C=O) groups is 2. The van der Waals surface area contributed by atoms with Crippen molar-refractivity contribution in [3.8, 4) is 0 Å². The molecule has 8 nitrogen and oxygen atoms in total. The summed E-state index contributed by atoms with van der Waals surface area (Å²) in [6.07, 6.45) is 9.42. The van der Waals surface area contributed by atoms with Crippen LogP contribution < -0.4 is 0 Å². The van der Waals surface area contributed by atoms with Crippen molar-refractivity contribution in [1.82, 2.24) is 29.5 Å². The van der Waals surface area contributed by atoms with Crippen LogP contribution in [-0.2, 0) is 17.8 Å². The highest BCUT2D eigenvalue weighted by Gasteiger charge is 2.43. The highest BCUT2D eigenvalue weighted by molar-refractivity contribution is 5.92. The number of H-pyrrole nitrogens is 1. The maximum atomic E-state index is 13.1. The summed E-state index contributed by atoms with van der Waals surface area (Å²) in [6.45, 7) is 5.59. The molecule has 0 saturated carbocycles. The predicted molar refractivity (Wildman–Crippen MR) is 104 cm³/mol. The quantitative estimate of drug-likeness (QED) is 0.850. The number of hydrogen-bond donors (Lipinski definition) is 1. The van der Waals surface area contributed by atoms with Crippen LogP contribution >= 0.6 is 0 Å². The summed E-state index contributed by atoms with van der Waals surface area (Å²) >= 11 is 0. The van der Waals surface area contributed by atoms with E-state index in [0.717, 1.165) is 44.5 Å². The summed E-state index contributed by atoms with van der Waals surface area (Å²) < 4.78 is 1.75. The van der Waals surface area contributed by atoms with E-state index in [-0.39, 0.29) is 17.2 Å². The third kappa shape index (κ3) is 3.68. The molecule has 2 saturated heterocycles. The van der Waals surface area contributed by atoms with Crippen molar-refractivity contribution in [2.24, 2.45) is 5.41 Å². The molecule has 0 radical (unpaired) electrons. The average molecular weight is 384 g/mol. The second-order valence-corrected chi connectivity index (χ2v) is 8.00. The number of nitrogens with one attached hydrogen (secondary N) is 1. The van der Waals surface area contributed by atoms with Gasteiger partial charge in [0, 0.05) is 69.1 Å². The summed E-state index contributed by atoms with van der Waals surface area (Å²) in [5, 5.41) is 4.23. The summed E-state index contributed by atoms with van der Waals surface area (Å²) in [7, 11) is 0. The van der Waals surface area contributed by atoms with E-state index in [1.54, 1.807) is 23.3 Å². The smallest absolute Gasteiger partial charge is 0.272 e. The fraction of sp³-hybridized carbons (Fsp3) is 0.600. The lowest BCUT2D eigenvalue weighted by molar-refractivity contribution is -0.138. The molecule has 8 heteroatoms. The molecule has 150 valence electrons. The van der Waals surface area contributed by atoms with Crippen LogP contribution in [0.25, 0.3) is 0 Å². The molecule has 28 heavy (non-hydrogen) atoms. The number of carbonyl (C=O) groups excluding carboxylic acids is 2. The first-order valence-corrected chi connectivity index (χ1v) is 10.2. The van der Waals surface area contributed by atoms with Gasteiger partial charge in [-0.2, -0.15) is 5.10 Å². The lowest BCUT2D eigenvalue weighted by Crippen LogP contribution is -2.55. The van der Waals surface area contributed by atoms with Crippen LogP contribution in [0, 0.1) is 5.41 Å². The first-order chi connectivity index (χ1) is 13.6. The third-order valence-corrected chi connectivity index (χ3v) is 6.14. The van der Waals surface area contributed by atoms with E-state index < -0.39 is 0 Å². The van der Waals surface area contributed by atoms with Gasteiger partial charge in [0.2, 0.25) is 5.91 Å². The number of hydrogen-bond acceptors (Lipinski definition) is 4. The molecule has 2 aliphatic rings. The van der Waals surface area contributed by atoms with E-state index in [2.05, 4.69) is 15.1 Å². The molecule has 4 rings (SSSR count). The Labute approximate surface area is 164 Å². The number of aromatic amines is 1. The minimum atomic E-state index is 0.00682. The monoisotopic (exact) mass is 384 g/mol. The molecule has 0 bridgehead atoms. The highest BCUT2D eigenvalue weighted by Crippen LogP contribution is 2.39. The molecule has 0 aromatic carbocycles. The first-order valence-electron chi connectivity index (χ1n) is 10.2. The van der Waals surface area contributed by atoms with Gasteiger partial charge in [0.05, 0.1) is 6.33 Å². The Morgan fingerprint density at radius 3 is 3.00 bits per heavy atom. The molecular formula is C20H28N6O2. The number of imidazole rings is 1. The van der Waals surface area contributed by atoms with Gasteiger partial charge in [-0.15, -0.1) is 0 Å². The van der Waals surface area contributed by atoms with Gasteiger partial charge < -0.3 is 14.8 Å². The van der Waals surface area contributed by atoms with E-state index in [1.807, 2.05) is 22.9 Å². The minimum Gasteiger partial charge on any atom is -0.348 e. The minimum absolute atomic E-state index is 0.00682. The van der Waals surface area contributed by atoms with Gasteiger partial charge >= 0.3 is 0 Å². The molecule has 2 aliphatic heterocycles. The van der Waals surface area contributed by atoms with Crippen LogP contribution in [0.2, 0.25) is 0 Å². The van der Waals surface area contributed by atoms with E-state index in [9.17, 15) is 9.59 Å². The number of likely N-dealkylation sites (tertiary alicyclic amines) is 2. The maximum absolute atomic E-state index is 13.1. The van der Waals surface area contributed by atoms with Gasteiger partial charge in [0.15, 0.2) is 0 Å². The summed E-state index contributed by atoms with van der Waals surface area (Å²) in [5.74, 6) is 0.275. The van der Waals surface area contributed by atoms with Crippen molar-refractivity contribution in [2.75, 3.05) is 26.2 Å². The van der Waals surface area contributed by atoms with Crippen LogP contribution in [0.1, 0.15) is 48.8 Å². The molecule has 1 N–H and O–H groups in total. The van der Waals surface area contributed by atoms with Crippen LogP contribution in [0.3, 0.4) is 0 Å². The van der Waals surface area contributed by atoms with Gasteiger partial charge in [-0.25, -0.2) is 4.98 Å². The molecule has 2 aromatic heterocycles. The largest absolute Gasteiger partial charge is 0.348 e. The summed E-state index contributed by atoms with van der Waals surface area (Å²) in [6, 6.07) is 1.80. The predicted octanol–water partition coefficient (Wildman–Crippen LogP) is 1.71. The molecule has 4 heterocycles. The Bertz CT molecular complexity index is 830. The second-order valence-electron chi connectivity index (χ2n) is 8.00. The van der Waals surface area contributed by atoms with E-state index in [0.29, 0.717) is 31.7 Å². The molecule has 2 amide bonds. The second kappa shape index (κ2) is 7.77. The molecule has 2 fully saturated rings. The number of piperidine rings is 2. The van der Waals surface area contributed by atoms with Crippen LogP contribution in [0.5, 0.6) is 0 Å². The molecule has 2 aromatic rings. The van der Waals surface area contributed by atoms with Crippen molar-refractivity contribution in [3.05, 3.63) is 36.2 Å². The molecular weight excluding hydrogens is 356 g/mol. The highest BCUT2D eigenvalue weighted by atomic mass is 16.2. The average Bonchev–Trinajstić information content (AvgIpc) is 3.40. The number of rotatable bonds is 5. The molecule has 1 atom stereocenters. The fourth-order valence-corrected chi connectivity index (χ4v) is 4.63. The number of aromatic nitrogens is 4. The zero-order valence-electron chi connectivity index (χ0n) is 16.4. The number of amides is 2.